The Kier molecular flexibility index (Phi) is 4.77. The number of carboxylic acid groups (broad SMARTS) is 1. The van der Waals surface area contributed by atoms with Crippen molar-refractivity contribution in [3.05, 3.63) is 29.6 Å². The van der Waals surface area contributed by atoms with Gasteiger partial charge in [-0.1, -0.05) is 18.9 Å². The number of benzene rings is 1. The molecule has 1 aliphatic carbocycles. The average molecular weight is 294 g/mol. The number of aliphatic carboxylic acids is 1. The maximum atomic E-state index is 13.4. The summed E-state index contributed by atoms with van der Waals surface area (Å²) in [5, 5.41) is 14.4. The summed E-state index contributed by atoms with van der Waals surface area (Å²) < 4.78 is 13.4. The lowest BCUT2D eigenvalue weighted by atomic mass is 9.84. The summed E-state index contributed by atoms with van der Waals surface area (Å²) in [6.07, 6.45) is 2.97. The average Bonchev–Trinajstić information content (AvgIpc) is 2.43. The van der Waals surface area contributed by atoms with Crippen LogP contribution in [0.1, 0.15) is 31.2 Å². The Morgan fingerprint density at radius 2 is 2.00 bits per heavy atom. The molecule has 2 rings (SSSR count). The molecule has 1 aromatic carbocycles. The molecule has 1 aromatic rings. The quantitative estimate of drug-likeness (QED) is 0.802. The van der Waals surface area contributed by atoms with Crippen molar-refractivity contribution < 1.29 is 19.1 Å². The van der Waals surface area contributed by atoms with E-state index < -0.39 is 23.7 Å². The molecule has 0 aromatic heterocycles. The SMILES string of the molecule is Cc1ccc(NC(=O)NC2CCCCC2C(=O)O)cc1F. The lowest BCUT2D eigenvalue weighted by Crippen LogP contribution is -2.46. The molecule has 6 heteroatoms. The molecule has 0 radical (unpaired) electrons. The van der Waals surface area contributed by atoms with E-state index in [2.05, 4.69) is 10.6 Å². The van der Waals surface area contributed by atoms with Gasteiger partial charge < -0.3 is 15.7 Å². The van der Waals surface area contributed by atoms with Crippen LogP contribution >= 0.6 is 0 Å². The van der Waals surface area contributed by atoms with Gasteiger partial charge in [-0.15, -0.1) is 0 Å². The molecule has 1 fully saturated rings. The molecule has 21 heavy (non-hydrogen) atoms. The minimum absolute atomic E-state index is 0.346. The van der Waals surface area contributed by atoms with Crippen LogP contribution in [0.4, 0.5) is 14.9 Å². The molecule has 2 atom stereocenters. The van der Waals surface area contributed by atoms with Gasteiger partial charge in [-0.3, -0.25) is 4.79 Å². The summed E-state index contributed by atoms with van der Waals surface area (Å²) in [4.78, 5) is 23.1. The van der Waals surface area contributed by atoms with Gasteiger partial charge >= 0.3 is 12.0 Å². The third-order valence-corrected chi connectivity index (χ3v) is 3.83. The fourth-order valence-corrected chi connectivity index (χ4v) is 2.61. The van der Waals surface area contributed by atoms with Crippen molar-refractivity contribution in [2.45, 2.75) is 38.6 Å². The third-order valence-electron chi connectivity index (χ3n) is 3.83. The molecule has 0 aliphatic heterocycles. The molecule has 5 nitrogen and oxygen atoms in total. The Hall–Kier alpha value is -2.11. The largest absolute Gasteiger partial charge is 0.481 e. The number of amides is 2. The van der Waals surface area contributed by atoms with E-state index in [0.717, 1.165) is 12.8 Å². The van der Waals surface area contributed by atoms with Gasteiger partial charge in [0.15, 0.2) is 0 Å². The van der Waals surface area contributed by atoms with Crippen molar-refractivity contribution in [1.82, 2.24) is 5.32 Å². The monoisotopic (exact) mass is 294 g/mol. The number of hydrogen-bond donors (Lipinski definition) is 3. The van der Waals surface area contributed by atoms with E-state index in [-0.39, 0.29) is 6.04 Å². The highest BCUT2D eigenvalue weighted by molar-refractivity contribution is 5.89. The Labute approximate surface area is 122 Å². The molecule has 3 N–H and O–H groups in total. The van der Waals surface area contributed by atoms with Gasteiger partial charge in [0, 0.05) is 11.7 Å². The number of aryl methyl sites for hydroxylation is 1. The number of halogens is 1. The number of urea groups is 1. The summed E-state index contributed by atoms with van der Waals surface area (Å²) in [6.45, 7) is 1.64. The number of hydrogen-bond acceptors (Lipinski definition) is 2. The van der Waals surface area contributed by atoms with Crippen molar-refractivity contribution in [2.75, 3.05) is 5.32 Å². The Morgan fingerprint density at radius 1 is 1.29 bits per heavy atom. The standard InChI is InChI=1S/C15H19FN2O3/c1-9-6-7-10(8-12(9)16)17-15(21)18-13-5-3-2-4-11(13)14(19)20/h6-8,11,13H,2-5H2,1H3,(H,19,20)(H2,17,18,21). The third kappa shape index (κ3) is 3.93. The maximum Gasteiger partial charge on any atom is 0.319 e. The van der Waals surface area contributed by atoms with Crippen molar-refractivity contribution >= 4 is 17.7 Å². The Balaban J connectivity index is 1.97. The first kappa shape index (κ1) is 15.3. The zero-order chi connectivity index (χ0) is 15.4. The van der Waals surface area contributed by atoms with Crippen LogP contribution in [0.3, 0.4) is 0 Å². The summed E-state index contributed by atoms with van der Waals surface area (Å²) in [5.74, 6) is -1.84. The second-order valence-corrected chi connectivity index (χ2v) is 5.40. The lowest BCUT2D eigenvalue weighted by Gasteiger charge is -2.29. The summed E-state index contributed by atoms with van der Waals surface area (Å²) >= 11 is 0. The minimum atomic E-state index is -0.888. The van der Waals surface area contributed by atoms with Gasteiger partial charge in [-0.2, -0.15) is 0 Å². The molecule has 0 bridgehead atoms. The number of nitrogens with one attached hydrogen (secondary N) is 2. The van der Waals surface area contributed by atoms with E-state index in [1.807, 2.05) is 0 Å². The normalized spacial score (nSPS) is 21.6. The smallest absolute Gasteiger partial charge is 0.319 e. The van der Waals surface area contributed by atoms with Crippen molar-refractivity contribution in [3.8, 4) is 0 Å². The summed E-state index contributed by atoms with van der Waals surface area (Å²) in [6, 6.07) is 3.53. The number of carboxylic acids is 1. The minimum Gasteiger partial charge on any atom is -0.481 e. The Morgan fingerprint density at radius 3 is 2.67 bits per heavy atom. The fourth-order valence-electron chi connectivity index (χ4n) is 2.61. The predicted octanol–water partition coefficient (Wildman–Crippen LogP) is 2.90. The number of anilines is 1. The second-order valence-electron chi connectivity index (χ2n) is 5.40. The summed E-state index contributed by atoms with van der Waals surface area (Å²) in [7, 11) is 0. The second kappa shape index (κ2) is 6.56. The zero-order valence-electron chi connectivity index (χ0n) is 11.9. The van der Waals surface area contributed by atoms with Gasteiger partial charge in [0.05, 0.1) is 5.92 Å². The van der Waals surface area contributed by atoms with Gasteiger partial charge in [0.1, 0.15) is 5.82 Å². The highest BCUT2D eigenvalue weighted by Gasteiger charge is 2.31. The molecular formula is C15H19FN2O3. The van der Waals surface area contributed by atoms with Gasteiger partial charge in [-0.25, -0.2) is 9.18 Å². The summed E-state index contributed by atoms with van der Waals surface area (Å²) in [5.41, 5.74) is 0.845. The van der Waals surface area contributed by atoms with E-state index in [9.17, 15) is 14.0 Å². The van der Waals surface area contributed by atoms with Crippen LogP contribution in [-0.4, -0.2) is 23.1 Å². The van der Waals surface area contributed by atoms with Crippen molar-refractivity contribution in [1.29, 1.82) is 0 Å². The van der Waals surface area contributed by atoms with E-state index in [1.165, 1.54) is 6.07 Å². The van der Waals surface area contributed by atoms with Crippen LogP contribution in [0, 0.1) is 18.7 Å². The van der Waals surface area contributed by atoms with E-state index >= 15 is 0 Å². The van der Waals surface area contributed by atoms with Crippen LogP contribution in [0.25, 0.3) is 0 Å². The van der Waals surface area contributed by atoms with Crippen LogP contribution in [0.2, 0.25) is 0 Å². The molecule has 0 spiro atoms. The van der Waals surface area contributed by atoms with Crippen molar-refractivity contribution in [2.24, 2.45) is 5.92 Å². The molecule has 0 heterocycles. The molecule has 2 amide bonds. The molecule has 0 saturated heterocycles. The Bertz CT molecular complexity index is 548. The number of carbonyl (C=O) groups excluding carboxylic acids is 1. The van der Waals surface area contributed by atoms with Crippen LogP contribution in [-0.2, 0) is 4.79 Å². The van der Waals surface area contributed by atoms with Crippen LogP contribution in [0.5, 0.6) is 0 Å². The first-order valence-electron chi connectivity index (χ1n) is 7.04. The molecule has 2 unspecified atom stereocenters. The topological polar surface area (TPSA) is 78.4 Å². The fraction of sp³-hybridized carbons (Fsp3) is 0.467. The molecule has 114 valence electrons. The van der Waals surface area contributed by atoms with E-state index in [1.54, 1.807) is 19.1 Å². The zero-order valence-corrected chi connectivity index (χ0v) is 11.9. The molecular weight excluding hydrogens is 275 g/mol. The van der Waals surface area contributed by atoms with Gasteiger partial charge in [0.25, 0.3) is 0 Å². The predicted molar refractivity (Wildman–Crippen MR) is 76.7 cm³/mol. The lowest BCUT2D eigenvalue weighted by molar-refractivity contribution is -0.143. The number of carbonyl (C=O) groups is 2. The first-order valence-corrected chi connectivity index (χ1v) is 7.04. The molecule has 1 aliphatic rings. The highest BCUT2D eigenvalue weighted by Crippen LogP contribution is 2.24. The van der Waals surface area contributed by atoms with Crippen LogP contribution in [0.15, 0.2) is 18.2 Å². The van der Waals surface area contributed by atoms with Gasteiger partial charge in [-0.05, 0) is 37.5 Å². The van der Waals surface area contributed by atoms with E-state index in [0.29, 0.717) is 24.1 Å². The van der Waals surface area contributed by atoms with Crippen molar-refractivity contribution in [3.63, 3.8) is 0 Å². The van der Waals surface area contributed by atoms with Crippen LogP contribution < -0.4 is 10.6 Å². The van der Waals surface area contributed by atoms with Gasteiger partial charge in [0.2, 0.25) is 0 Å². The first-order chi connectivity index (χ1) is 9.97. The molecule has 1 saturated carbocycles. The highest BCUT2D eigenvalue weighted by atomic mass is 19.1. The van der Waals surface area contributed by atoms with E-state index in [4.69, 9.17) is 5.11 Å². The maximum absolute atomic E-state index is 13.4. The number of rotatable bonds is 3.